The maximum atomic E-state index is 14.1. The minimum atomic E-state index is -3.86. The van der Waals surface area contributed by atoms with Gasteiger partial charge in [0.05, 0.1) is 0 Å². The average Bonchev–Trinajstić information content (AvgIpc) is 2.87. The highest BCUT2D eigenvalue weighted by atomic mass is 19.3. The van der Waals surface area contributed by atoms with Crippen molar-refractivity contribution in [3.05, 3.63) is 59.4 Å². The molecule has 7 heteroatoms. The van der Waals surface area contributed by atoms with Crippen LogP contribution in [0.2, 0.25) is 0 Å². The Kier molecular flexibility index (Phi) is 8.78. The molecule has 4 rings (SSSR count). The van der Waals surface area contributed by atoms with Crippen LogP contribution in [-0.2, 0) is 0 Å². The lowest BCUT2D eigenvalue weighted by Crippen LogP contribution is -2.32. The van der Waals surface area contributed by atoms with Crippen molar-refractivity contribution >= 4 is 0 Å². The average molecular weight is 511 g/mol. The standard InChI is InChI=1S/C29H35F5O2/c1-2-3-19-4-6-20(7-5-19)21-8-10-22(11-9-21)23-12-14-24(15-13-23)35-18-29(33,34)36-25-16-26(30)28(32)27(31)17-25/h12-17,19-22H,2-11,18H2,1H3. The molecule has 0 spiro atoms. The summed E-state index contributed by atoms with van der Waals surface area (Å²) < 4.78 is 77.2. The van der Waals surface area contributed by atoms with Gasteiger partial charge in [-0.2, -0.15) is 8.78 Å². The Balaban J connectivity index is 1.23. The van der Waals surface area contributed by atoms with Crippen molar-refractivity contribution in [3.63, 3.8) is 0 Å². The second-order valence-electron chi connectivity index (χ2n) is 10.5. The van der Waals surface area contributed by atoms with Crippen LogP contribution in [0.1, 0.15) is 82.6 Å². The summed E-state index contributed by atoms with van der Waals surface area (Å²) in [5.41, 5.74) is 1.19. The van der Waals surface area contributed by atoms with E-state index in [4.69, 9.17) is 4.74 Å². The molecule has 0 unspecified atom stereocenters. The van der Waals surface area contributed by atoms with Crippen molar-refractivity contribution in [2.45, 2.75) is 83.2 Å². The first-order valence-electron chi connectivity index (χ1n) is 13.2. The van der Waals surface area contributed by atoms with Gasteiger partial charge in [-0.25, -0.2) is 13.2 Å². The van der Waals surface area contributed by atoms with Crippen LogP contribution in [0.25, 0.3) is 0 Å². The van der Waals surface area contributed by atoms with Gasteiger partial charge in [0.25, 0.3) is 0 Å². The molecule has 2 aliphatic carbocycles. The van der Waals surface area contributed by atoms with Gasteiger partial charge in [-0.15, -0.1) is 0 Å². The first-order valence-corrected chi connectivity index (χ1v) is 13.2. The molecule has 198 valence electrons. The molecule has 0 bridgehead atoms. The summed E-state index contributed by atoms with van der Waals surface area (Å²) in [6, 6.07) is 7.88. The third kappa shape index (κ3) is 6.92. The Morgan fingerprint density at radius 2 is 1.33 bits per heavy atom. The summed E-state index contributed by atoms with van der Waals surface area (Å²) in [5, 5.41) is 0. The molecule has 0 N–H and O–H groups in total. The van der Waals surface area contributed by atoms with Crippen LogP contribution in [0.15, 0.2) is 36.4 Å². The zero-order valence-electron chi connectivity index (χ0n) is 20.8. The van der Waals surface area contributed by atoms with E-state index in [1.165, 1.54) is 56.9 Å². The van der Waals surface area contributed by atoms with Crippen LogP contribution in [0.3, 0.4) is 0 Å². The molecular weight excluding hydrogens is 475 g/mol. The molecular formula is C29H35F5O2. The SMILES string of the molecule is CCCC1CCC(C2CCC(c3ccc(OCC(F)(F)Oc4cc(F)c(F)c(F)c4)cc3)CC2)CC1. The number of alkyl halides is 2. The molecule has 0 amide bonds. The Morgan fingerprint density at radius 1 is 0.778 bits per heavy atom. The van der Waals surface area contributed by atoms with E-state index in [1.54, 1.807) is 12.1 Å². The molecule has 0 heterocycles. The highest BCUT2D eigenvalue weighted by Crippen LogP contribution is 2.44. The molecule has 2 fully saturated rings. The Morgan fingerprint density at radius 3 is 1.89 bits per heavy atom. The first kappa shape index (κ1) is 26.7. The van der Waals surface area contributed by atoms with E-state index in [0.29, 0.717) is 18.1 Å². The van der Waals surface area contributed by atoms with Crippen molar-refractivity contribution in [2.75, 3.05) is 6.61 Å². The second-order valence-corrected chi connectivity index (χ2v) is 10.5. The number of hydrogen-bond donors (Lipinski definition) is 0. The molecule has 0 atom stereocenters. The van der Waals surface area contributed by atoms with Crippen molar-refractivity contribution in [1.82, 2.24) is 0 Å². The maximum Gasteiger partial charge on any atom is 0.433 e. The smallest absolute Gasteiger partial charge is 0.433 e. The summed E-state index contributed by atoms with van der Waals surface area (Å²) in [7, 11) is 0. The highest BCUT2D eigenvalue weighted by molar-refractivity contribution is 5.30. The zero-order valence-corrected chi connectivity index (χ0v) is 20.8. The fourth-order valence-corrected chi connectivity index (χ4v) is 6.08. The van der Waals surface area contributed by atoms with Crippen molar-refractivity contribution < 1.29 is 31.4 Å². The summed E-state index contributed by atoms with van der Waals surface area (Å²) in [5.74, 6) is -2.42. The van der Waals surface area contributed by atoms with Crippen LogP contribution in [0.5, 0.6) is 11.5 Å². The number of benzene rings is 2. The molecule has 0 aliphatic heterocycles. The van der Waals surface area contributed by atoms with Crippen LogP contribution in [-0.4, -0.2) is 12.7 Å². The minimum Gasteiger partial charge on any atom is -0.483 e. The molecule has 0 saturated heterocycles. The number of rotatable bonds is 9. The predicted molar refractivity (Wildman–Crippen MR) is 129 cm³/mol. The van der Waals surface area contributed by atoms with Crippen LogP contribution < -0.4 is 9.47 Å². The van der Waals surface area contributed by atoms with E-state index in [0.717, 1.165) is 30.6 Å². The van der Waals surface area contributed by atoms with E-state index in [-0.39, 0.29) is 5.75 Å². The molecule has 2 aromatic rings. The van der Waals surface area contributed by atoms with Gasteiger partial charge in [-0.05, 0) is 79.9 Å². The Hall–Kier alpha value is -2.31. The van der Waals surface area contributed by atoms with Gasteiger partial charge in [0.2, 0.25) is 0 Å². The van der Waals surface area contributed by atoms with Gasteiger partial charge >= 0.3 is 6.11 Å². The van der Waals surface area contributed by atoms with Crippen LogP contribution in [0, 0.1) is 35.2 Å². The lowest BCUT2D eigenvalue weighted by Gasteiger charge is -2.38. The van der Waals surface area contributed by atoms with Gasteiger partial charge in [0, 0.05) is 12.1 Å². The van der Waals surface area contributed by atoms with Gasteiger partial charge in [-0.3, -0.25) is 0 Å². The van der Waals surface area contributed by atoms with E-state index in [9.17, 15) is 22.0 Å². The van der Waals surface area contributed by atoms with Gasteiger partial charge in [0.15, 0.2) is 24.1 Å². The summed E-state index contributed by atoms with van der Waals surface area (Å²) in [6.45, 7) is 1.12. The van der Waals surface area contributed by atoms with Gasteiger partial charge < -0.3 is 9.47 Å². The lowest BCUT2D eigenvalue weighted by molar-refractivity contribution is -0.195. The highest BCUT2D eigenvalue weighted by Gasteiger charge is 2.34. The Labute approximate surface area is 210 Å². The third-order valence-corrected chi connectivity index (χ3v) is 8.01. The predicted octanol–water partition coefficient (Wildman–Crippen LogP) is 9.03. The quantitative estimate of drug-likeness (QED) is 0.247. The zero-order chi connectivity index (χ0) is 25.7. The lowest BCUT2D eigenvalue weighted by atomic mass is 9.68. The summed E-state index contributed by atoms with van der Waals surface area (Å²) in [6.07, 6.45) is 9.15. The van der Waals surface area contributed by atoms with Crippen LogP contribution >= 0.6 is 0 Å². The molecule has 0 aromatic heterocycles. The molecule has 2 saturated carbocycles. The first-order chi connectivity index (χ1) is 17.2. The van der Waals surface area contributed by atoms with E-state index in [1.807, 2.05) is 12.1 Å². The molecule has 36 heavy (non-hydrogen) atoms. The Bertz CT molecular complexity index is 955. The van der Waals surface area contributed by atoms with Crippen LogP contribution in [0.4, 0.5) is 22.0 Å². The van der Waals surface area contributed by atoms with Crippen molar-refractivity contribution in [3.8, 4) is 11.5 Å². The fourth-order valence-electron chi connectivity index (χ4n) is 6.08. The van der Waals surface area contributed by atoms with Gasteiger partial charge in [0.1, 0.15) is 11.5 Å². The summed E-state index contributed by atoms with van der Waals surface area (Å²) in [4.78, 5) is 0. The number of ether oxygens (including phenoxy) is 2. The largest absolute Gasteiger partial charge is 0.483 e. The normalized spacial score (nSPS) is 24.9. The van der Waals surface area contributed by atoms with Crippen molar-refractivity contribution in [1.29, 1.82) is 0 Å². The topological polar surface area (TPSA) is 18.5 Å². The second kappa shape index (κ2) is 11.8. The monoisotopic (exact) mass is 510 g/mol. The minimum absolute atomic E-state index is 0.246. The molecule has 2 nitrogen and oxygen atoms in total. The molecule has 0 radical (unpaired) electrons. The number of hydrogen-bond acceptors (Lipinski definition) is 2. The molecule has 2 aromatic carbocycles. The van der Waals surface area contributed by atoms with E-state index in [2.05, 4.69) is 11.7 Å². The fraction of sp³-hybridized carbons (Fsp3) is 0.586. The van der Waals surface area contributed by atoms with E-state index < -0.39 is 35.9 Å². The van der Waals surface area contributed by atoms with E-state index >= 15 is 0 Å². The summed E-state index contributed by atoms with van der Waals surface area (Å²) >= 11 is 0. The van der Waals surface area contributed by atoms with Gasteiger partial charge in [-0.1, -0.05) is 44.7 Å². The van der Waals surface area contributed by atoms with Crippen molar-refractivity contribution in [2.24, 2.45) is 17.8 Å². The number of halogens is 5. The maximum absolute atomic E-state index is 14.1. The third-order valence-electron chi connectivity index (χ3n) is 8.01. The molecule has 2 aliphatic rings.